The maximum Gasteiger partial charge on any atom is 0.141 e. The second-order valence-corrected chi connectivity index (χ2v) is 5.33. The van der Waals surface area contributed by atoms with Crippen LogP contribution in [0.3, 0.4) is 0 Å². The van der Waals surface area contributed by atoms with E-state index < -0.39 is 0 Å². The van der Waals surface area contributed by atoms with Crippen LogP contribution in [-0.2, 0) is 5.54 Å². The third kappa shape index (κ3) is 2.62. The van der Waals surface area contributed by atoms with Gasteiger partial charge in [0.2, 0.25) is 0 Å². The van der Waals surface area contributed by atoms with Crippen molar-refractivity contribution in [1.29, 1.82) is 0 Å². The van der Waals surface area contributed by atoms with Crippen molar-refractivity contribution in [3.8, 4) is 0 Å². The lowest BCUT2D eigenvalue weighted by Gasteiger charge is -2.41. The van der Waals surface area contributed by atoms with E-state index >= 15 is 0 Å². The third-order valence-corrected chi connectivity index (χ3v) is 3.82. The van der Waals surface area contributed by atoms with Crippen molar-refractivity contribution in [2.75, 3.05) is 26.2 Å². The Balaban J connectivity index is 2.26. The largest absolute Gasteiger partial charge is 0.314 e. The predicted octanol–water partition coefficient (Wildman–Crippen LogP) is 2.62. The van der Waals surface area contributed by atoms with E-state index in [0.29, 0.717) is 0 Å². The molecule has 0 amide bonds. The van der Waals surface area contributed by atoms with Crippen molar-refractivity contribution in [3.05, 3.63) is 34.6 Å². The average molecular weight is 257 g/mol. The third-order valence-electron chi connectivity index (χ3n) is 3.53. The zero-order valence-corrected chi connectivity index (χ0v) is 11.0. The first-order valence-corrected chi connectivity index (χ1v) is 6.31. The first kappa shape index (κ1) is 12.8. The van der Waals surface area contributed by atoms with Crippen LogP contribution in [-0.4, -0.2) is 31.1 Å². The van der Waals surface area contributed by atoms with Crippen LogP contribution in [0.4, 0.5) is 4.39 Å². The minimum Gasteiger partial charge on any atom is -0.314 e. The quantitative estimate of drug-likeness (QED) is 0.875. The van der Waals surface area contributed by atoms with Gasteiger partial charge in [-0.3, -0.25) is 4.90 Å². The van der Waals surface area contributed by atoms with Gasteiger partial charge < -0.3 is 5.32 Å². The maximum atomic E-state index is 13.2. The highest BCUT2D eigenvalue weighted by atomic mass is 35.5. The van der Waals surface area contributed by atoms with Crippen LogP contribution in [0.25, 0.3) is 0 Å². The molecule has 0 radical (unpaired) electrons. The smallest absolute Gasteiger partial charge is 0.141 e. The van der Waals surface area contributed by atoms with Crippen LogP contribution in [0.15, 0.2) is 18.2 Å². The van der Waals surface area contributed by atoms with E-state index in [2.05, 4.69) is 24.1 Å². The van der Waals surface area contributed by atoms with Crippen molar-refractivity contribution in [2.45, 2.75) is 19.4 Å². The summed E-state index contributed by atoms with van der Waals surface area (Å²) < 4.78 is 13.2. The van der Waals surface area contributed by atoms with Gasteiger partial charge in [0.1, 0.15) is 5.82 Å². The van der Waals surface area contributed by atoms with Crippen LogP contribution in [0.5, 0.6) is 0 Å². The average Bonchev–Trinajstić information content (AvgIpc) is 2.33. The van der Waals surface area contributed by atoms with E-state index in [0.717, 1.165) is 31.7 Å². The Bertz CT molecular complexity index is 400. The fraction of sp³-hybridized carbons (Fsp3) is 0.538. The van der Waals surface area contributed by atoms with E-state index in [1.54, 1.807) is 6.07 Å². The highest BCUT2D eigenvalue weighted by Crippen LogP contribution is 2.30. The van der Waals surface area contributed by atoms with Gasteiger partial charge in [0.25, 0.3) is 0 Å². The Kier molecular flexibility index (Phi) is 3.71. The number of nitrogens with zero attached hydrogens (tertiary/aromatic N) is 1. The summed E-state index contributed by atoms with van der Waals surface area (Å²) in [5.74, 6) is -0.355. The molecule has 17 heavy (non-hydrogen) atoms. The van der Waals surface area contributed by atoms with Crippen LogP contribution < -0.4 is 5.32 Å². The van der Waals surface area contributed by atoms with Crippen LogP contribution in [0.2, 0.25) is 5.02 Å². The van der Waals surface area contributed by atoms with E-state index in [4.69, 9.17) is 11.6 Å². The molecular formula is C13H18ClFN2. The van der Waals surface area contributed by atoms with Crippen molar-refractivity contribution < 1.29 is 4.39 Å². The Morgan fingerprint density at radius 1 is 1.29 bits per heavy atom. The highest BCUT2D eigenvalue weighted by Gasteiger charge is 2.29. The molecule has 0 aromatic heterocycles. The number of halogens is 2. The summed E-state index contributed by atoms with van der Waals surface area (Å²) in [6.07, 6.45) is 0. The molecule has 0 aliphatic carbocycles. The predicted molar refractivity (Wildman–Crippen MR) is 68.9 cm³/mol. The first-order valence-electron chi connectivity index (χ1n) is 5.93. The molecule has 1 aromatic carbocycles. The standard InChI is InChI=1S/C13H18ClFN2/c1-13(2,17-7-5-16-6-8-17)10-3-4-12(15)11(14)9-10/h3-4,9,16H,5-8H2,1-2H3. The molecule has 0 unspecified atom stereocenters. The molecule has 1 saturated heterocycles. The van der Waals surface area contributed by atoms with Gasteiger partial charge in [-0.05, 0) is 31.5 Å². The van der Waals surface area contributed by atoms with Gasteiger partial charge in [-0.2, -0.15) is 0 Å². The van der Waals surface area contributed by atoms with Gasteiger partial charge >= 0.3 is 0 Å². The van der Waals surface area contributed by atoms with E-state index in [1.807, 2.05) is 6.07 Å². The molecule has 1 aliphatic rings. The maximum absolute atomic E-state index is 13.2. The van der Waals surface area contributed by atoms with Gasteiger partial charge in [-0.15, -0.1) is 0 Å². The number of hydrogen-bond donors (Lipinski definition) is 1. The van der Waals surface area contributed by atoms with E-state index in [9.17, 15) is 4.39 Å². The molecule has 4 heteroatoms. The van der Waals surface area contributed by atoms with Crippen molar-refractivity contribution in [1.82, 2.24) is 10.2 Å². The van der Waals surface area contributed by atoms with Crippen molar-refractivity contribution >= 4 is 11.6 Å². The van der Waals surface area contributed by atoms with E-state index in [-0.39, 0.29) is 16.4 Å². The Morgan fingerprint density at radius 2 is 1.94 bits per heavy atom. The molecule has 2 nitrogen and oxygen atoms in total. The molecular weight excluding hydrogens is 239 g/mol. The SMILES string of the molecule is CC(C)(c1ccc(F)c(Cl)c1)N1CCNCC1. The molecule has 1 aromatic rings. The molecule has 0 bridgehead atoms. The summed E-state index contributed by atoms with van der Waals surface area (Å²) >= 11 is 5.85. The summed E-state index contributed by atoms with van der Waals surface area (Å²) in [6, 6.07) is 5.00. The normalized spacial score (nSPS) is 18.4. The minimum absolute atomic E-state index is 0.112. The topological polar surface area (TPSA) is 15.3 Å². The zero-order chi connectivity index (χ0) is 12.5. The van der Waals surface area contributed by atoms with Gasteiger partial charge in [-0.25, -0.2) is 4.39 Å². The summed E-state index contributed by atoms with van der Waals surface area (Å²) in [5, 5.41) is 3.53. The minimum atomic E-state index is -0.355. The Labute approximate surface area is 107 Å². The second-order valence-electron chi connectivity index (χ2n) is 4.92. The molecule has 94 valence electrons. The van der Waals surface area contributed by atoms with Gasteiger partial charge in [0, 0.05) is 31.7 Å². The van der Waals surface area contributed by atoms with E-state index in [1.165, 1.54) is 6.07 Å². The number of benzene rings is 1. The Hall–Kier alpha value is -0.640. The summed E-state index contributed by atoms with van der Waals surface area (Å²) in [6.45, 7) is 8.31. The summed E-state index contributed by atoms with van der Waals surface area (Å²) in [5.41, 5.74) is 0.949. The lowest BCUT2D eigenvalue weighted by Crippen LogP contribution is -2.51. The molecule has 0 spiro atoms. The molecule has 0 saturated carbocycles. The monoisotopic (exact) mass is 256 g/mol. The highest BCUT2D eigenvalue weighted by molar-refractivity contribution is 6.30. The molecule has 2 rings (SSSR count). The van der Waals surface area contributed by atoms with Crippen molar-refractivity contribution in [3.63, 3.8) is 0 Å². The first-order chi connectivity index (χ1) is 8.01. The van der Waals surface area contributed by atoms with Gasteiger partial charge in [-0.1, -0.05) is 17.7 Å². The van der Waals surface area contributed by atoms with Gasteiger partial charge in [0.15, 0.2) is 0 Å². The lowest BCUT2D eigenvalue weighted by molar-refractivity contribution is 0.102. The van der Waals surface area contributed by atoms with Crippen molar-refractivity contribution in [2.24, 2.45) is 0 Å². The lowest BCUT2D eigenvalue weighted by atomic mass is 9.91. The van der Waals surface area contributed by atoms with Crippen LogP contribution in [0, 0.1) is 5.82 Å². The number of nitrogens with one attached hydrogen (secondary N) is 1. The number of hydrogen-bond acceptors (Lipinski definition) is 2. The summed E-state index contributed by atoms with van der Waals surface area (Å²) in [7, 11) is 0. The van der Waals surface area contributed by atoms with Crippen LogP contribution >= 0.6 is 11.6 Å². The molecule has 0 atom stereocenters. The van der Waals surface area contributed by atoms with Gasteiger partial charge in [0.05, 0.1) is 5.02 Å². The molecule has 1 heterocycles. The molecule has 1 fully saturated rings. The fourth-order valence-corrected chi connectivity index (χ4v) is 2.46. The Morgan fingerprint density at radius 3 is 2.53 bits per heavy atom. The fourth-order valence-electron chi connectivity index (χ4n) is 2.28. The zero-order valence-electron chi connectivity index (χ0n) is 10.3. The molecule has 1 N–H and O–H groups in total. The number of piperazine rings is 1. The summed E-state index contributed by atoms with van der Waals surface area (Å²) in [4.78, 5) is 2.40. The number of rotatable bonds is 2. The van der Waals surface area contributed by atoms with Crippen LogP contribution in [0.1, 0.15) is 19.4 Å². The second kappa shape index (κ2) is 4.92. The molecule has 1 aliphatic heterocycles.